The summed E-state index contributed by atoms with van der Waals surface area (Å²) in [4.78, 5) is 53.8. The zero-order chi connectivity index (χ0) is 26.5. The fourth-order valence-electron chi connectivity index (χ4n) is 4.51. The number of nitrogens with zero attached hydrogens (tertiary/aromatic N) is 4. The van der Waals surface area contributed by atoms with Crippen LogP contribution in [0.5, 0.6) is 0 Å². The molecule has 1 fully saturated rings. The van der Waals surface area contributed by atoms with Crippen LogP contribution in [0.4, 0.5) is 11.5 Å². The molecule has 0 bridgehead atoms. The van der Waals surface area contributed by atoms with Gasteiger partial charge in [-0.2, -0.15) is 0 Å². The van der Waals surface area contributed by atoms with Gasteiger partial charge in [0.15, 0.2) is 0 Å². The maximum atomic E-state index is 13.6. The Kier molecular flexibility index (Phi) is 8.27. The van der Waals surface area contributed by atoms with Gasteiger partial charge in [-0.1, -0.05) is 6.92 Å². The van der Waals surface area contributed by atoms with E-state index < -0.39 is 11.9 Å². The van der Waals surface area contributed by atoms with Crippen molar-refractivity contribution in [1.82, 2.24) is 15.0 Å². The summed E-state index contributed by atoms with van der Waals surface area (Å²) in [6.07, 6.45) is 9.72. The molecule has 1 saturated carbocycles. The van der Waals surface area contributed by atoms with Crippen LogP contribution in [0, 0.1) is 11.8 Å². The molecule has 0 radical (unpaired) electrons. The number of hydrogen-bond donors (Lipinski definition) is 1. The summed E-state index contributed by atoms with van der Waals surface area (Å²) in [5.74, 6) is 0.0966. The zero-order valence-electron chi connectivity index (χ0n) is 21.4. The molecule has 1 aliphatic carbocycles. The van der Waals surface area contributed by atoms with E-state index in [9.17, 15) is 14.4 Å². The predicted octanol–water partition coefficient (Wildman–Crippen LogP) is 5.21. The number of aromatic nitrogens is 3. The van der Waals surface area contributed by atoms with E-state index in [0.29, 0.717) is 22.3 Å². The molecule has 3 aromatic heterocycles. The number of hydrogen-bond acceptors (Lipinski definition) is 8. The van der Waals surface area contributed by atoms with Gasteiger partial charge in [0.25, 0.3) is 5.91 Å². The number of carbonyl (C=O) groups is 3. The molecule has 0 aromatic carbocycles. The highest BCUT2D eigenvalue weighted by molar-refractivity contribution is 7.18. The zero-order valence-corrected chi connectivity index (χ0v) is 22.2. The van der Waals surface area contributed by atoms with Gasteiger partial charge in [0.05, 0.1) is 19.0 Å². The number of thiophene rings is 1. The van der Waals surface area contributed by atoms with Crippen LogP contribution in [0.2, 0.25) is 0 Å². The number of methoxy groups -OCH3 is 1. The quantitative estimate of drug-likeness (QED) is 0.425. The lowest BCUT2D eigenvalue weighted by molar-refractivity contribution is -0.123. The summed E-state index contributed by atoms with van der Waals surface area (Å²) in [7, 11) is 1.34. The van der Waals surface area contributed by atoms with Gasteiger partial charge in [-0.3, -0.25) is 14.6 Å². The van der Waals surface area contributed by atoms with Crippen molar-refractivity contribution in [2.24, 2.45) is 11.8 Å². The summed E-state index contributed by atoms with van der Waals surface area (Å²) in [6.45, 7) is 6.14. The molecule has 3 aromatic rings. The monoisotopic (exact) mass is 521 g/mol. The normalized spacial score (nSPS) is 17.3. The van der Waals surface area contributed by atoms with Gasteiger partial charge in [-0.25, -0.2) is 14.8 Å². The molecular weight excluding hydrogens is 490 g/mol. The SMILES string of the molecule is COC(=O)c1sc(-c2ccc(NC(=O)c3cnccn3)nc2)cc1N(C(=O)[C@H]1CC[C@H](C)CC1)C(C)C. The largest absolute Gasteiger partial charge is 0.465 e. The predicted molar refractivity (Wildman–Crippen MR) is 143 cm³/mol. The first-order valence-electron chi connectivity index (χ1n) is 12.4. The van der Waals surface area contributed by atoms with Crippen molar-refractivity contribution in [3.8, 4) is 10.4 Å². The molecule has 194 valence electrons. The third-order valence-corrected chi connectivity index (χ3v) is 7.70. The number of carbonyl (C=O) groups excluding carboxylic acids is 3. The summed E-state index contributed by atoms with van der Waals surface area (Å²) < 4.78 is 5.06. The van der Waals surface area contributed by atoms with E-state index in [2.05, 4.69) is 27.2 Å². The third kappa shape index (κ3) is 6.02. The highest BCUT2D eigenvalue weighted by Gasteiger charge is 2.33. The van der Waals surface area contributed by atoms with Gasteiger partial charge in [-0.05, 0) is 63.6 Å². The van der Waals surface area contributed by atoms with Crippen molar-refractivity contribution < 1.29 is 19.1 Å². The lowest BCUT2D eigenvalue weighted by Gasteiger charge is -2.33. The summed E-state index contributed by atoms with van der Waals surface area (Å²) in [5.41, 5.74) is 1.50. The van der Waals surface area contributed by atoms with Crippen molar-refractivity contribution in [2.45, 2.75) is 52.5 Å². The molecule has 4 rings (SSSR count). The Morgan fingerprint density at radius 1 is 1.08 bits per heavy atom. The van der Waals surface area contributed by atoms with Gasteiger partial charge in [-0.15, -0.1) is 11.3 Å². The second-order valence-electron chi connectivity index (χ2n) is 9.55. The Balaban J connectivity index is 1.61. The number of esters is 1. The minimum atomic E-state index is -0.484. The Bertz CT molecular complexity index is 1250. The van der Waals surface area contributed by atoms with Crippen molar-refractivity contribution in [1.29, 1.82) is 0 Å². The minimum Gasteiger partial charge on any atom is -0.465 e. The maximum absolute atomic E-state index is 13.6. The third-order valence-electron chi connectivity index (χ3n) is 6.55. The number of nitrogens with one attached hydrogen (secondary N) is 1. The van der Waals surface area contributed by atoms with Gasteiger partial charge < -0.3 is 15.0 Å². The average molecular weight is 522 g/mol. The van der Waals surface area contributed by atoms with Crippen LogP contribution in [-0.4, -0.2) is 45.9 Å². The molecule has 9 nitrogen and oxygen atoms in total. The molecule has 37 heavy (non-hydrogen) atoms. The Hall–Kier alpha value is -3.66. The van der Waals surface area contributed by atoms with Crippen LogP contribution in [0.1, 0.15) is 66.6 Å². The number of rotatable bonds is 7. The van der Waals surface area contributed by atoms with Crippen molar-refractivity contribution in [2.75, 3.05) is 17.3 Å². The summed E-state index contributed by atoms with van der Waals surface area (Å²) in [6, 6.07) is 5.21. The fourth-order valence-corrected chi connectivity index (χ4v) is 5.56. The van der Waals surface area contributed by atoms with Crippen LogP contribution < -0.4 is 10.2 Å². The molecule has 0 aliphatic heterocycles. The van der Waals surface area contributed by atoms with E-state index in [-0.39, 0.29) is 23.6 Å². The Morgan fingerprint density at radius 2 is 1.84 bits per heavy atom. The van der Waals surface area contributed by atoms with Crippen LogP contribution >= 0.6 is 11.3 Å². The van der Waals surface area contributed by atoms with Gasteiger partial charge in [0, 0.05) is 41.0 Å². The van der Waals surface area contributed by atoms with Crippen LogP contribution in [0.25, 0.3) is 10.4 Å². The van der Waals surface area contributed by atoms with E-state index in [4.69, 9.17) is 4.74 Å². The fraction of sp³-hybridized carbons (Fsp3) is 0.407. The maximum Gasteiger partial charge on any atom is 0.350 e. The molecule has 3 heterocycles. The van der Waals surface area contributed by atoms with Crippen LogP contribution in [-0.2, 0) is 9.53 Å². The molecule has 2 amide bonds. The topological polar surface area (TPSA) is 114 Å². The standard InChI is InChI=1S/C27H31N5O4S/c1-16(2)32(26(34)18-7-5-17(3)6-8-18)21-13-22(37-24(21)27(35)36-4)19-9-10-23(30-14-19)31-25(33)20-15-28-11-12-29-20/h9-18H,5-8H2,1-4H3,(H,30,31,33)/t17-,18-. The highest BCUT2D eigenvalue weighted by Crippen LogP contribution is 2.40. The van der Waals surface area contributed by atoms with Crippen LogP contribution in [0.3, 0.4) is 0 Å². The van der Waals surface area contributed by atoms with E-state index in [0.717, 1.165) is 36.1 Å². The number of ether oxygens (including phenoxy) is 1. The van der Waals surface area contributed by atoms with Crippen molar-refractivity contribution >= 4 is 40.6 Å². The first kappa shape index (κ1) is 26.4. The van der Waals surface area contributed by atoms with Gasteiger partial charge in [0.2, 0.25) is 5.91 Å². The lowest BCUT2D eigenvalue weighted by Crippen LogP contribution is -2.42. The van der Waals surface area contributed by atoms with Crippen LogP contribution in [0.15, 0.2) is 43.0 Å². The molecule has 0 atom stereocenters. The minimum absolute atomic E-state index is 0.0497. The van der Waals surface area contributed by atoms with E-state index in [1.54, 1.807) is 23.2 Å². The van der Waals surface area contributed by atoms with Crippen molar-refractivity contribution in [3.63, 3.8) is 0 Å². The second-order valence-corrected chi connectivity index (χ2v) is 10.6. The second kappa shape index (κ2) is 11.6. The number of amides is 2. The molecule has 1 N–H and O–H groups in total. The van der Waals surface area contributed by atoms with Crippen molar-refractivity contribution in [3.05, 3.63) is 53.6 Å². The Morgan fingerprint density at radius 3 is 2.43 bits per heavy atom. The number of pyridine rings is 1. The smallest absolute Gasteiger partial charge is 0.350 e. The molecular formula is C27H31N5O4S. The van der Waals surface area contributed by atoms with E-state index in [1.807, 2.05) is 19.9 Å². The highest BCUT2D eigenvalue weighted by atomic mass is 32.1. The van der Waals surface area contributed by atoms with E-state index in [1.165, 1.54) is 37.0 Å². The van der Waals surface area contributed by atoms with Gasteiger partial charge >= 0.3 is 5.97 Å². The first-order valence-corrected chi connectivity index (χ1v) is 13.2. The molecule has 0 unspecified atom stereocenters. The number of anilines is 2. The average Bonchev–Trinajstić information content (AvgIpc) is 3.34. The molecule has 0 saturated heterocycles. The summed E-state index contributed by atoms with van der Waals surface area (Å²) in [5, 5.41) is 2.69. The lowest BCUT2D eigenvalue weighted by atomic mass is 9.82. The molecule has 10 heteroatoms. The van der Waals surface area contributed by atoms with E-state index >= 15 is 0 Å². The summed E-state index contributed by atoms with van der Waals surface area (Å²) >= 11 is 1.26. The molecule has 1 aliphatic rings. The first-order chi connectivity index (χ1) is 17.8. The van der Waals surface area contributed by atoms with Gasteiger partial charge in [0.1, 0.15) is 16.4 Å². The molecule has 0 spiro atoms. The Labute approximate surface area is 220 Å².